The Morgan fingerprint density at radius 3 is 2.65 bits per heavy atom. The quantitative estimate of drug-likeness (QED) is 0.761. The molecule has 0 spiro atoms. The number of hydrogen-bond donors (Lipinski definition) is 2. The van der Waals surface area contributed by atoms with Crippen LogP contribution in [0.25, 0.3) is 11.0 Å². The molecule has 0 unspecified atom stereocenters. The van der Waals surface area contributed by atoms with Crippen molar-refractivity contribution in [1.82, 2.24) is 14.9 Å². The van der Waals surface area contributed by atoms with E-state index < -0.39 is 6.04 Å². The fourth-order valence-corrected chi connectivity index (χ4v) is 3.41. The molecule has 1 saturated heterocycles. The van der Waals surface area contributed by atoms with Crippen LogP contribution >= 0.6 is 0 Å². The number of amides is 2. The third-order valence-electron chi connectivity index (χ3n) is 4.81. The smallest absolute Gasteiger partial charge is 0.249 e. The molecule has 2 amide bonds. The topological polar surface area (TPSA) is 76.0 Å². The number of imidazole rings is 1. The van der Waals surface area contributed by atoms with Crippen LogP contribution in [0.1, 0.15) is 31.4 Å². The molecule has 2 atom stereocenters. The number of rotatable bonds is 4. The number of para-hydroxylation sites is 2. The lowest BCUT2D eigenvalue weighted by Crippen LogP contribution is -2.38. The third-order valence-corrected chi connectivity index (χ3v) is 4.81. The second-order valence-electron chi connectivity index (χ2n) is 6.53. The summed E-state index contributed by atoms with van der Waals surface area (Å²) < 4.78 is 2.03. The molecule has 0 saturated carbocycles. The molecule has 0 bridgehead atoms. The largest absolute Gasteiger partial charge is 0.344 e. The van der Waals surface area contributed by atoms with Crippen LogP contribution in [0.5, 0.6) is 0 Å². The first-order chi connectivity index (χ1) is 12.6. The minimum absolute atomic E-state index is 0.00271. The van der Waals surface area contributed by atoms with Gasteiger partial charge >= 0.3 is 0 Å². The molecular weight excluding hydrogens is 328 g/mol. The van der Waals surface area contributed by atoms with Crippen LogP contribution in [0.4, 0.5) is 5.95 Å². The van der Waals surface area contributed by atoms with Crippen molar-refractivity contribution in [3.05, 3.63) is 60.2 Å². The van der Waals surface area contributed by atoms with Gasteiger partial charge in [-0.25, -0.2) is 4.98 Å². The van der Waals surface area contributed by atoms with E-state index in [0.29, 0.717) is 18.8 Å². The Balaban J connectivity index is 1.72. The normalized spacial score (nSPS) is 17.9. The lowest BCUT2D eigenvalue weighted by molar-refractivity contribution is -0.122. The van der Waals surface area contributed by atoms with Crippen molar-refractivity contribution in [3.8, 4) is 0 Å². The molecule has 0 aliphatic carbocycles. The van der Waals surface area contributed by atoms with Gasteiger partial charge in [-0.3, -0.25) is 14.9 Å². The molecule has 2 heterocycles. The van der Waals surface area contributed by atoms with Crippen molar-refractivity contribution in [2.45, 2.75) is 31.8 Å². The summed E-state index contributed by atoms with van der Waals surface area (Å²) in [7, 11) is 0. The summed E-state index contributed by atoms with van der Waals surface area (Å²) in [6.07, 6.45) is 0.897. The molecule has 6 nitrogen and oxygen atoms in total. The summed E-state index contributed by atoms with van der Waals surface area (Å²) in [5.74, 6) is 0.178. The number of carbonyl (C=O) groups is 2. The first kappa shape index (κ1) is 16.3. The fourth-order valence-electron chi connectivity index (χ4n) is 3.41. The van der Waals surface area contributed by atoms with Crippen molar-refractivity contribution < 1.29 is 9.59 Å². The zero-order chi connectivity index (χ0) is 18.1. The van der Waals surface area contributed by atoms with E-state index in [1.165, 1.54) is 0 Å². The molecule has 1 aliphatic heterocycles. The highest BCUT2D eigenvalue weighted by molar-refractivity contribution is 5.99. The highest BCUT2D eigenvalue weighted by Gasteiger charge is 2.29. The lowest BCUT2D eigenvalue weighted by Gasteiger charge is -2.19. The Labute approximate surface area is 151 Å². The number of hydrogen-bond acceptors (Lipinski definition) is 3. The fraction of sp³-hybridized carbons (Fsp3) is 0.250. The highest BCUT2D eigenvalue weighted by Crippen LogP contribution is 2.28. The molecule has 3 aromatic rings. The third kappa shape index (κ3) is 2.94. The highest BCUT2D eigenvalue weighted by atomic mass is 16.2. The summed E-state index contributed by atoms with van der Waals surface area (Å²) in [5, 5.41) is 5.61. The number of fused-ring (bicyclic) bond motifs is 1. The maximum absolute atomic E-state index is 12.6. The molecule has 4 rings (SSSR count). The summed E-state index contributed by atoms with van der Waals surface area (Å²) >= 11 is 0. The Morgan fingerprint density at radius 1 is 1.19 bits per heavy atom. The molecule has 2 aromatic carbocycles. The van der Waals surface area contributed by atoms with E-state index in [-0.39, 0.29) is 17.9 Å². The van der Waals surface area contributed by atoms with Gasteiger partial charge in [-0.15, -0.1) is 0 Å². The van der Waals surface area contributed by atoms with Gasteiger partial charge < -0.3 is 9.88 Å². The van der Waals surface area contributed by atoms with Crippen LogP contribution in [0, 0.1) is 0 Å². The predicted octanol–water partition coefficient (Wildman–Crippen LogP) is 2.86. The van der Waals surface area contributed by atoms with E-state index >= 15 is 0 Å². The molecule has 6 heteroatoms. The van der Waals surface area contributed by atoms with Crippen LogP contribution in [0.15, 0.2) is 54.6 Å². The monoisotopic (exact) mass is 348 g/mol. The minimum atomic E-state index is -0.497. The van der Waals surface area contributed by atoms with Gasteiger partial charge in [0.25, 0.3) is 0 Å². The van der Waals surface area contributed by atoms with Gasteiger partial charge in [0, 0.05) is 6.42 Å². The number of carbonyl (C=O) groups excluding carboxylic acids is 2. The van der Waals surface area contributed by atoms with E-state index in [1.54, 1.807) is 0 Å². The molecule has 132 valence electrons. The Kier molecular flexibility index (Phi) is 4.16. The second-order valence-corrected chi connectivity index (χ2v) is 6.53. The zero-order valence-electron chi connectivity index (χ0n) is 14.5. The van der Waals surface area contributed by atoms with Gasteiger partial charge in [-0.05, 0) is 31.0 Å². The standard InChI is InChI=1S/C20H20N4O2/c1-13(14-7-3-2-4-8-14)24-17-10-6-5-9-15(17)22-20(24)23-19(26)16-11-12-18(25)21-16/h2-10,13,16H,11-12H2,1H3,(H,21,25)(H,22,23,26)/t13-,16+/m0/s1. The number of nitrogens with zero attached hydrogens (tertiary/aromatic N) is 2. The number of anilines is 1. The van der Waals surface area contributed by atoms with Gasteiger partial charge in [0.2, 0.25) is 17.8 Å². The Bertz CT molecular complexity index is 964. The first-order valence-electron chi connectivity index (χ1n) is 8.75. The molecule has 1 aromatic heterocycles. The van der Waals surface area contributed by atoms with Crippen molar-refractivity contribution >= 4 is 28.8 Å². The summed E-state index contributed by atoms with van der Waals surface area (Å²) in [6, 6.07) is 17.4. The Morgan fingerprint density at radius 2 is 1.92 bits per heavy atom. The van der Waals surface area contributed by atoms with E-state index in [2.05, 4.69) is 34.7 Å². The van der Waals surface area contributed by atoms with E-state index in [9.17, 15) is 9.59 Å². The van der Waals surface area contributed by atoms with Gasteiger partial charge in [-0.2, -0.15) is 0 Å². The molecule has 1 aliphatic rings. The van der Waals surface area contributed by atoms with Crippen molar-refractivity contribution in [2.75, 3.05) is 5.32 Å². The maximum atomic E-state index is 12.6. The predicted molar refractivity (Wildman–Crippen MR) is 99.8 cm³/mol. The van der Waals surface area contributed by atoms with Crippen molar-refractivity contribution in [3.63, 3.8) is 0 Å². The van der Waals surface area contributed by atoms with Crippen molar-refractivity contribution in [1.29, 1.82) is 0 Å². The summed E-state index contributed by atoms with van der Waals surface area (Å²) in [4.78, 5) is 28.6. The average Bonchev–Trinajstić information content (AvgIpc) is 3.25. The maximum Gasteiger partial charge on any atom is 0.249 e. The van der Waals surface area contributed by atoms with Gasteiger partial charge in [-0.1, -0.05) is 42.5 Å². The molecule has 26 heavy (non-hydrogen) atoms. The number of benzene rings is 2. The SMILES string of the molecule is C[C@@H](c1ccccc1)n1c(NC(=O)[C@H]2CCC(=O)N2)nc2ccccc21. The van der Waals surface area contributed by atoms with Crippen LogP contribution in [-0.4, -0.2) is 27.4 Å². The van der Waals surface area contributed by atoms with Crippen LogP contribution in [0.3, 0.4) is 0 Å². The van der Waals surface area contributed by atoms with Gasteiger partial charge in [0.15, 0.2) is 0 Å². The molecular formula is C20H20N4O2. The lowest BCUT2D eigenvalue weighted by atomic mass is 10.1. The van der Waals surface area contributed by atoms with Gasteiger partial charge in [0.1, 0.15) is 6.04 Å². The van der Waals surface area contributed by atoms with Crippen LogP contribution in [-0.2, 0) is 9.59 Å². The van der Waals surface area contributed by atoms with Crippen LogP contribution in [0.2, 0.25) is 0 Å². The first-order valence-corrected chi connectivity index (χ1v) is 8.75. The minimum Gasteiger partial charge on any atom is -0.344 e. The zero-order valence-corrected chi connectivity index (χ0v) is 14.5. The van der Waals surface area contributed by atoms with Gasteiger partial charge in [0.05, 0.1) is 17.1 Å². The number of aromatic nitrogens is 2. The summed E-state index contributed by atoms with van der Waals surface area (Å²) in [6.45, 7) is 2.08. The molecule has 0 radical (unpaired) electrons. The van der Waals surface area contributed by atoms with E-state index in [0.717, 1.165) is 16.6 Å². The second kappa shape index (κ2) is 6.63. The van der Waals surface area contributed by atoms with E-state index in [1.807, 2.05) is 47.0 Å². The molecule has 2 N–H and O–H groups in total. The van der Waals surface area contributed by atoms with Crippen LogP contribution < -0.4 is 10.6 Å². The van der Waals surface area contributed by atoms with E-state index in [4.69, 9.17) is 0 Å². The molecule has 1 fully saturated rings. The van der Waals surface area contributed by atoms with Crippen molar-refractivity contribution in [2.24, 2.45) is 0 Å². The number of nitrogens with one attached hydrogen (secondary N) is 2. The average molecular weight is 348 g/mol. The summed E-state index contributed by atoms with van der Waals surface area (Å²) in [5.41, 5.74) is 2.90. The Hall–Kier alpha value is -3.15.